The van der Waals surface area contributed by atoms with Crippen LogP contribution in [0.2, 0.25) is 0 Å². The van der Waals surface area contributed by atoms with Crippen molar-refractivity contribution < 1.29 is 8.78 Å². The van der Waals surface area contributed by atoms with Crippen molar-refractivity contribution in [2.75, 3.05) is 0 Å². The molecule has 0 radical (unpaired) electrons. The van der Waals surface area contributed by atoms with Gasteiger partial charge in [0.2, 0.25) is 0 Å². The van der Waals surface area contributed by atoms with Gasteiger partial charge in [0, 0.05) is 0 Å². The molecule has 0 heterocycles. The van der Waals surface area contributed by atoms with Crippen molar-refractivity contribution >= 4 is 0 Å². The van der Waals surface area contributed by atoms with Gasteiger partial charge in [0.1, 0.15) is 0 Å². The van der Waals surface area contributed by atoms with Gasteiger partial charge in [-0.25, -0.2) is 0 Å². The fraction of sp³-hybridized carbons (Fsp3) is 0.579. The Morgan fingerprint density at radius 1 is 1.10 bits per heavy atom. The van der Waals surface area contributed by atoms with E-state index in [0.717, 1.165) is 17.6 Å². The fourth-order valence-corrected chi connectivity index (χ4v) is 3.40. The molecule has 1 aromatic carbocycles. The van der Waals surface area contributed by atoms with Crippen molar-refractivity contribution in [3.63, 3.8) is 0 Å². The number of halogens is 2. The number of hydrogen-bond acceptors (Lipinski definition) is 0. The summed E-state index contributed by atoms with van der Waals surface area (Å²) >= 11 is 0. The standard InChI is InChI=1S/C19H26F2/c1-2-3-4-15-5-10-17(11-6-15)18-12-7-16(8-13-18)9-14-19(20)21/h7-8,12-15,17H,2-6,9-11H2,1H3/t15-,17-. The monoisotopic (exact) mass is 292 g/mol. The quantitative estimate of drug-likeness (QED) is 0.563. The summed E-state index contributed by atoms with van der Waals surface area (Å²) in [5, 5.41) is 0. The van der Waals surface area contributed by atoms with Crippen LogP contribution in [0, 0.1) is 5.92 Å². The van der Waals surface area contributed by atoms with Crippen molar-refractivity contribution in [2.24, 2.45) is 5.92 Å². The van der Waals surface area contributed by atoms with Gasteiger partial charge in [-0.05, 0) is 61.1 Å². The molecule has 0 aliphatic heterocycles. The Hall–Kier alpha value is -1.18. The molecule has 0 nitrogen and oxygen atoms in total. The summed E-state index contributed by atoms with van der Waals surface area (Å²) in [5.74, 6) is 1.60. The molecule has 1 fully saturated rings. The zero-order valence-electron chi connectivity index (χ0n) is 13.0. The Labute approximate surface area is 127 Å². The summed E-state index contributed by atoms with van der Waals surface area (Å²) in [6.45, 7) is 2.26. The maximum Gasteiger partial charge on any atom is 0.266 e. The van der Waals surface area contributed by atoms with Gasteiger partial charge >= 0.3 is 0 Å². The molecule has 0 amide bonds. The maximum atomic E-state index is 12.1. The summed E-state index contributed by atoms with van der Waals surface area (Å²) in [5.41, 5.74) is 2.35. The number of unbranched alkanes of at least 4 members (excludes halogenated alkanes) is 1. The minimum absolute atomic E-state index is 0.326. The lowest BCUT2D eigenvalue weighted by molar-refractivity contribution is 0.304. The molecule has 0 unspecified atom stereocenters. The second-order valence-corrected chi connectivity index (χ2v) is 6.30. The summed E-state index contributed by atoms with van der Waals surface area (Å²) < 4.78 is 24.2. The van der Waals surface area contributed by atoms with Crippen LogP contribution in [0.15, 0.2) is 36.4 Å². The van der Waals surface area contributed by atoms with Gasteiger partial charge in [-0.3, -0.25) is 0 Å². The van der Waals surface area contributed by atoms with Crippen LogP contribution >= 0.6 is 0 Å². The molecule has 21 heavy (non-hydrogen) atoms. The molecule has 2 heteroatoms. The first-order valence-electron chi connectivity index (χ1n) is 8.29. The fourth-order valence-electron chi connectivity index (χ4n) is 3.40. The van der Waals surface area contributed by atoms with Crippen LogP contribution in [-0.2, 0) is 6.42 Å². The molecule has 0 saturated heterocycles. The van der Waals surface area contributed by atoms with E-state index in [4.69, 9.17) is 0 Å². The highest BCUT2D eigenvalue weighted by Crippen LogP contribution is 2.37. The van der Waals surface area contributed by atoms with Crippen LogP contribution in [0.4, 0.5) is 8.78 Å². The molecular weight excluding hydrogens is 266 g/mol. The van der Waals surface area contributed by atoms with Gasteiger partial charge < -0.3 is 0 Å². The molecule has 2 rings (SSSR count). The minimum Gasteiger partial charge on any atom is -0.174 e. The van der Waals surface area contributed by atoms with Gasteiger partial charge in [-0.15, -0.1) is 0 Å². The molecule has 0 N–H and O–H groups in total. The number of hydrogen-bond donors (Lipinski definition) is 0. The lowest BCUT2D eigenvalue weighted by Gasteiger charge is -2.29. The zero-order valence-corrected chi connectivity index (χ0v) is 13.0. The van der Waals surface area contributed by atoms with E-state index in [2.05, 4.69) is 19.1 Å². The molecule has 116 valence electrons. The van der Waals surface area contributed by atoms with E-state index in [9.17, 15) is 8.78 Å². The Balaban J connectivity index is 1.84. The third kappa shape index (κ3) is 5.26. The van der Waals surface area contributed by atoms with E-state index in [1.54, 1.807) is 0 Å². The smallest absolute Gasteiger partial charge is 0.174 e. The first-order chi connectivity index (χ1) is 10.2. The molecular formula is C19H26F2. The number of rotatable bonds is 6. The first kappa shape index (κ1) is 16.2. The van der Waals surface area contributed by atoms with Crippen LogP contribution in [0.3, 0.4) is 0 Å². The molecule has 1 aromatic rings. The van der Waals surface area contributed by atoms with Gasteiger partial charge in [0.15, 0.2) is 0 Å². The summed E-state index contributed by atoms with van der Waals surface area (Å²) in [7, 11) is 0. The lowest BCUT2D eigenvalue weighted by Crippen LogP contribution is -2.13. The Morgan fingerprint density at radius 2 is 1.76 bits per heavy atom. The normalized spacial score (nSPS) is 22.0. The average Bonchev–Trinajstić information content (AvgIpc) is 2.52. The Morgan fingerprint density at radius 3 is 2.33 bits per heavy atom. The summed E-state index contributed by atoms with van der Waals surface area (Å²) in [6, 6.07) is 8.27. The largest absolute Gasteiger partial charge is 0.266 e. The minimum atomic E-state index is -1.59. The highest BCUT2D eigenvalue weighted by molar-refractivity contribution is 5.27. The van der Waals surface area contributed by atoms with E-state index in [-0.39, 0.29) is 0 Å². The van der Waals surface area contributed by atoms with Crippen molar-refractivity contribution in [2.45, 2.75) is 64.2 Å². The lowest BCUT2D eigenvalue weighted by atomic mass is 9.77. The van der Waals surface area contributed by atoms with Gasteiger partial charge in [-0.1, -0.05) is 50.5 Å². The van der Waals surface area contributed by atoms with E-state index < -0.39 is 6.08 Å². The summed E-state index contributed by atoms with van der Waals surface area (Å²) in [4.78, 5) is 0. The zero-order chi connectivity index (χ0) is 15.1. The topological polar surface area (TPSA) is 0 Å². The van der Waals surface area contributed by atoms with Crippen molar-refractivity contribution in [1.29, 1.82) is 0 Å². The average molecular weight is 292 g/mol. The highest BCUT2D eigenvalue weighted by atomic mass is 19.3. The number of allylic oxidation sites excluding steroid dienone is 1. The molecule has 1 aliphatic carbocycles. The van der Waals surface area contributed by atoms with E-state index >= 15 is 0 Å². The van der Waals surface area contributed by atoms with Crippen molar-refractivity contribution in [1.82, 2.24) is 0 Å². The van der Waals surface area contributed by atoms with Crippen LogP contribution < -0.4 is 0 Å². The SMILES string of the molecule is CCCC[C@H]1CC[C@H](c2ccc(CC=C(F)F)cc2)CC1. The molecule has 0 aromatic heterocycles. The molecule has 1 saturated carbocycles. The highest BCUT2D eigenvalue weighted by Gasteiger charge is 2.21. The third-order valence-corrected chi connectivity index (χ3v) is 4.76. The van der Waals surface area contributed by atoms with E-state index in [1.165, 1.54) is 50.5 Å². The van der Waals surface area contributed by atoms with Crippen molar-refractivity contribution in [3.8, 4) is 0 Å². The van der Waals surface area contributed by atoms with E-state index in [0.29, 0.717) is 12.3 Å². The maximum absolute atomic E-state index is 12.1. The molecule has 0 bridgehead atoms. The van der Waals surface area contributed by atoms with Crippen molar-refractivity contribution in [3.05, 3.63) is 47.5 Å². The Bertz CT molecular complexity index is 435. The number of benzene rings is 1. The Kier molecular flexibility index (Phi) is 6.41. The van der Waals surface area contributed by atoms with Crippen LogP contribution in [0.25, 0.3) is 0 Å². The second-order valence-electron chi connectivity index (χ2n) is 6.30. The second kappa shape index (κ2) is 8.31. The predicted octanol–water partition coefficient (Wildman–Crippen LogP) is 6.47. The van der Waals surface area contributed by atoms with Crippen LogP contribution in [-0.4, -0.2) is 0 Å². The molecule has 0 atom stereocenters. The van der Waals surface area contributed by atoms with Crippen LogP contribution in [0.5, 0.6) is 0 Å². The predicted molar refractivity (Wildman–Crippen MR) is 84.7 cm³/mol. The van der Waals surface area contributed by atoms with Gasteiger partial charge in [0.25, 0.3) is 6.08 Å². The van der Waals surface area contributed by atoms with E-state index in [1.807, 2.05) is 12.1 Å². The molecule has 1 aliphatic rings. The third-order valence-electron chi connectivity index (χ3n) is 4.76. The van der Waals surface area contributed by atoms with Crippen LogP contribution in [0.1, 0.15) is 68.9 Å². The summed E-state index contributed by atoms with van der Waals surface area (Å²) in [6.07, 6.45) is 9.04. The first-order valence-corrected chi connectivity index (χ1v) is 8.29. The van der Waals surface area contributed by atoms with Gasteiger partial charge in [0.05, 0.1) is 0 Å². The van der Waals surface area contributed by atoms with Gasteiger partial charge in [-0.2, -0.15) is 8.78 Å². The molecule has 0 spiro atoms.